The minimum atomic E-state index is -3.63. The van der Waals surface area contributed by atoms with E-state index in [-0.39, 0.29) is 10.7 Å². The summed E-state index contributed by atoms with van der Waals surface area (Å²) in [5.74, 6) is 0.0120. The number of rotatable bonds is 6. The molecule has 35 heavy (non-hydrogen) atoms. The SMILES string of the molecule is Cc1ccc(NC(=O)c2ccc(S(=O)(=O)N3C[C@@H](C)C[C@H](C)C3)cc2)c(C(=O)c2ccccc2)c1. The number of hydrogen-bond donors (Lipinski definition) is 1. The number of anilines is 1. The monoisotopic (exact) mass is 490 g/mol. The van der Waals surface area contributed by atoms with Crippen molar-refractivity contribution in [2.75, 3.05) is 18.4 Å². The summed E-state index contributed by atoms with van der Waals surface area (Å²) < 4.78 is 27.8. The van der Waals surface area contributed by atoms with Gasteiger partial charge in [-0.05, 0) is 61.6 Å². The Hall–Kier alpha value is -3.29. The minimum Gasteiger partial charge on any atom is -0.321 e. The molecular weight excluding hydrogens is 460 g/mol. The van der Waals surface area contributed by atoms with Crippen molar-refractivity contribution in [1.29, 1.82) is 0 Å². The Morgan fingerprint density at radius 1 is 0.857 bits per heavy atom. The molecule has 1 aliphatic heterocycles. The summed E-state index contributed by atoms with van der Waals surface area (Å²) in [7, 11) is -3.63. The lowest BCUT2D eigenvalue weighted by atomic mass is 9.94. The van der Waals surface area contributed by atoms with Gasteiger partial charge in [-0.2, -0.15) is 4.31 Å². The lowest BCUT2D eigenvalue weighted by molar-refractivity contribution is 0.102. The summed E-state index contributed by atoms with van der Waals surface area (Å²) in [6.07, 6.45) is 1.01. The van der Waals surface area contributed by atoms with Crippen LogP contribution in [0.15, 0.2) is 77.7 Å². The van der Waals surface area contributed by atoms with Crippen molar-refractivity contribution in [2.45, 2.75) is 32.1 Å². The third kappa shape index (κ3) is 5.52. The van der Waals surface area contributed by atoms with Crippen LogP contribution in [0.3, 0.4) is 0 Å². The molecule has 1 aliphatic rings. The van der Waals surface area contributed by atoms with E-state index < -0.39 is 15.9 Å². The van der Waals surface area contributed by atoms with Crippen molar-refractivity contribution in [1.82, 2.24) is 4.31 Å². The average Bonchev–Trinajstić information content (AvgIpc) is 2.84. The van der Waals surface area contributed by atoms with Gasteiger partial charge in [-0.3, -0.25) is 9.59 Å². The Morgan fingerprint density at radius 2 is 1.49 bits per heavy atom. The summed E-state index contributed by atoms with van der Waals surface area (Å²) in [5.41, 5.74) is 2.55. The summed E-state index contributed by atoms with van der Waals surface area (Å²) >= 11 is 0. The van der Waals surface area contributed by atoms with Crippen LogP contribution in [0.2, 0.25) is 0 Å². The van der Waals surface area contributed by atoms with Crippen molar-refractivity contribution in [3.8, 4) is 0 Å². The molecule has 4 rings (SSSR count). The van der Waals surface area contributed by atoms with Gasteiger partial charge in [-0.1, -0.05) is 55.8 Å². The molecule has 6 nitrogen and oxygen atoms in total. The van der Waals surface area contributed by atoms with E-state index >= 15 is 0 Å². The molecule has 3 aromatic carbocycles. The summed E-state index contributed by atoms with van der Waals surface area (Å²) in [4.78, 5) is 26.2. The molecule has 1 N–H and O–H groups in total. The van der Waals surface area contributed by atoms with Gasteiger partial charge in [0.2, 0.25) is 10.0 Å². The first-order valence-corrected chi connectivity index (χ1v) is 13.2. The maximum atomic E-state index is 13.1. The summed E-state index contributed by atoms with van der Waals surface area (Å²) in [5, 5.41) is 2.82. The van der Waals surface area contributed by atoms with Crippen LogP contribution in [0.1, 0.15) is 52.1 Å². The minimum absolute atomic E-state index is 0.172. The quantitative estimate of drug-likeness (QED) is 0.485. The zero-order valence-electron chi connectivity index (χ0n) is 20.2. The van der Waals surface area contributed by atoms with Crippen molar-refractivity contribution in [3.63, 3.8) is 0 Å². The molecule has 3 aromatic rings. The fraction of sp³-hybridized carbons (Fsp3) is 0.286. The predicted molar refractivity (Wildman–Crippen MR) is 137 cm³/mol. The molecule has 1 amide bonds. The first-order valence-electron chi connectivity index (χ1n) is 11.8. The largest absolute Gasteiger partial charge is 0.321 e. The van der Waals surface area contributed by atoms with E-state index in [1.165, 1.54) is 28.6 Å². The highest BCUT2D eigenvalue weighted by molar-refractivity contribution is 7.89. The third-order valence-corrected chi connectivity index (χ3v) is 8.14. The standard InChI is InChI=1S/C28H30N2O4S/c1-19-9-14-26(25(16-19)27(31)22-7-5-4-6-8-22)29-28(32)23-10-12-24(13-11-23)35(33,34)30-17-20(2)15-21(3)18-30/h4-14,16,20-21H,15,17-18H2,1-3H3,(H,29,32)/t20-,21-/m0/s1. The smallest absolute Gasteiger partial charge is 0.255 e. The Balaban J connectivity index is 1.54. The molecule has 0 aliphatic carbocycles. The number of sulfonamides is 1. The molecule has 7 heteroatoms. The van der Waals surface area contributed by atoms with E-state index in [0.29, 0.717) is 47.3 Å². The topological polar surface area (TPSA) is 83.6 Å². The van der Waals surface area contributed by atoms with Crippen molar-refractivity contribution in [3.05, 3.63) is 95.1 Å². The van der Waals surface area contributed by atoms with Gasteiger partial charge < -0.3 is 5.32 Å². The molecule has 0 unspecified atom stereocenters. The molecule has 1 fully saturated rings. The van der Waals surface area contributed by atoms with Gasteiger partial charge in [0, 0.05) is 29.8 Å². The molecule has 0 radical (unpaired) electrons. The van der Waals surface area contributed by atoms with Gasteiger partial charge in [0.05, 0.1) is 10.6 Å². The van der Waals surface area contributed by atoms with E-state index in [1.54, 1.807) is 36.4 Å². The summed E-state index contributed by atoms with van der Waals surface area (Å²) in [6.45, 7) is 7.01. The molecule has 1 heterocycles. The lowest BCUT2D eigenvalue weighted by Gasteiger charge is -2.34. The molecule has 0 bridgehead atoms. The molecule has 0 spiro atoms. The average molecular weight is 491 g/mol. The Kier molecular flexibility index (Phi) is 7.19. The fourth-order valence-electron chi connectivity index (χ4n) is 4.62. The van der Waals surface area contributed by atoms with Gasteiger partial charge in [0.15, 0.2) is 5.78 Å². The van der Waals surface area contributed by atoms with Gasteiger partial charge in [0.25, 0.3) is 5.91 Å². The molecule has 1 saturated heterocycles. The number of hydrogen-bond acceptors (Lipinski definition) is 4. The van der Waals surface area contributed by atoms with Crippen LogP contribution < -0.4 is 5.32 Å². The predicted octanol–water partition coefficient (Wildman–Crippen LogP) is 5.14. The zero-order chi connectivity index (χ0) is 25.2. The van der Waals surface area contributed by atoms with Crippen molar-refractivity contribution >= 4 is 27.4 Å². The summed E-state index contributed by atoms with van der Waals surface area (Å²) in [6, 6.07) is 20.1. The number of amides is 1. The number of aryl methyl sites for hydroxylation is 1. The van der Waals surface area contributed by atoms with E-state index in [9.17, 15) is 18.0 Å². The normalized spacial score (nSPS) is 18.7. The highest BCUT2D eigenvalue weighted by Crippen LogP contribution is 2.27. The van der Waals surface area contributed by atoms with Crippen LogP contribution in [0, 0.1) is 18.8 Å². The van der Waals surface area contributed by atoms with E-state index in [4.69, 9.17) is 0 Å². The molecule has 182 valence electrons. The van der Waals surface area contributed by atoms with Gasteiger partial charge in [-0.15, -0.1) is 0 Å². The van der Waals surface area contributed by atoms with Crippen LogP contribution in [-0.2, 0) is 10.0 Å². The molecular formula is C28H30N2O4S. The molecule has 2 atom stereocenters. The van der Waals surface area contributed by atoms with Crippen LogP contribution >= 0.6 is 0 Å². The number of piperidine rings is 1. The number of carbonyl (C=O) groups is 2. The number of carbonyl (C=O) groups excluding carboxylic acids is 2. The number of ketones is 1. The fourth-order valence-corrected chi connectivity index (χ4v) is 6.30. The van der Waals surface area contributed by atoms with Crippen LogP contribution in [0.4, 0.5) is 5.69 Å². The number of nitrogens with zero attached hydrogens (tertiary/aromatic N) is 1. The van der Waals surface area contributed by atoms with E-state index in [2.05, 4.69) is 19.2 Å². The second-order valence-electron chi connectivity index (χ2n) is 9.49. The zero-order valence-corrected chi connectivity index (χ0v) is 21.0. The first-order chi connectivity index (χ1) is 16.6. The van der Waals surface area contributed by atoms with E-state index in [1.807, 2.05) is 19.1 Å². The molecule has 0 saturated carbocycles. The van der Waals surface area contributed by atoms with Crippen molar-refractivity contribution < 1.29 is 18.0 Å². The maximum Gasteiger partial charge on any atom is 0.255 e. The highest BCUT2D eigenvalue weighted by Gasteiger charge is 2.31. The second kappa shape index (κ2) is 10.1. The highest BCUT2D eigenvalue weighted by atomic mass is 32.2. The molecule has 0 aromatic heterocycles. The third-order valence-electron chi connectivity index (χ3n) is 6.29. The lowest BCUT2D eigenvalue weighted by Crippen LogP contribution is -2.42. The second-order valence-corrected chi connectivity index (χ2v) is 11.4. The van der Waals surface area contributed by atoms with Crippen LogP contribution in [-0.4, -0.2) is 37.5 Å². The maximum absolute atomic E-state index is 13.1. The Labute approximate surface area is 207 Å². The van der Waals surface area contributed by atoms with Crippen LogP contribution in [0.25, 0.3) is 0 Å². The van der Waals surface area contributed by atoms with Gasteiger partial charge in [-0.25, -0.2) is 8.42 Å². The van der Waals surface area contributed by atoms with Gasteiger partial charge >= 0.3 is 0 Å². The number of nitrogens with one attached hydrogen (secondary N) is 1. The van der Waals surface area contributed by atoms with Crippen LogP contribution in [0.5, 0.6) is 0 Å². The van der Waals surface area contributed by atoms with Gasteiger partial charge in [0.1, 0.15) is 0 Å². The first kappa shape index (κ1) is 24.8. The van der Waals surface area contributed by atoms with E-state index in [0.717, 1.165) is 12.0 Å². The Bertz CT molecular complexity index is 1330. The Morgan fingerprint density at radius 3 is 2.11 bits per heavy atom. The number of benzene rings is 3. The van der Waals surface area contributed by atoms with Crippen molar-refractivity contribution in [2.24, 2.45) is 11.8 Å².